The van der Waals surface area contributed by atoms with Gasteiger partial charge in [0.15, 0.2) is 5.75 Å². The highest BCUT2D eigenvalue weighted by molar-refractivity contribution is 5.66. The molecule has 1 aromatic heterocycles. The Kier molecular flexibility index (Phi) is 4.00. The predicted molar refractivity (Wildman–Crippen MR) is 89.8 cm³/mol. The van der Waals surface area contributed by atoms with Crippen LogP contribution in [0.2, 0.25) is 0 Å². The van der Waals surface area contributed by atoms with E-state index in [1.807, 2.05) is 54.6 Å². The Morgan fingerprint density at radius 1 is 0.957 bits per heavy atom. The number of nitrogens with zero attached hydrogens (tertiary/aromatic N) is 1. The second-order valence-corrected chi connectivity index (χ2v) is 5.41. The zero-order valence-corrected chi connectivity index (χ0v) is 12.7. The predicted octanol–water partition coefficient (Wildman–Crippen LogP) is 3.26. The number of hydrogen-bond acceptors (Lipinski definition) is 3. The second kappa shape index (κ2) is 6.10. The summed E-state index contributed by atoms with van der Waals surface area (Å²) in [6.07, 6.45) is 0.512. The van der Waals surface area contributed by atoms with Crippen LogP contribution in [0.15, 0.2) is 71.7 Å². The van der Waals surface area contributed by atoms with Crippen molar-refractivity contribution in [2.75, 3.05) is 0 Å². The number of benzene rings is 2. The van der Waals surface area contributed by atoms with Gasteiger partial charge in [0.25, 0.3) is 0 Å². The maximum atomic E-state index is 11.6. The summed E-state index contributed by atoms with van der Waals surface area (Å²) in [5.41, 5.74) is 2.77. The Morgan fingerprint density at radius 2 is 1.65 bits per heavy atom. The van der Waals surface area contributed by atoms with Gasteiger partial charge < -0.3 is 14.8 Å². The van der Waals surface area contributed by atoms with E-state index in [-0.39, 0.29) is 5.75 Å². The van der Waals surface area contributed by atoms with E-state index in [4.69, 9.17) is 0 Å². The number of aromatic hydroxyl groups is 1. The average Bonchev–Trinajstić information content (AvgIpc) is 2.57. The molecule has 1 atom stereocenters. The molecule has 0 aliphatic rings. The SMILES string of the molecule is C[C@H](O)c1cc(=O)c(O)cn1-c1cccc(-c2ccccc2)c1. The molecule has 2 N–H and O–H groups in total. The molecule has 0 aliphatic carbocycles. The molecule has 4 heteroatoms. The summed E-state index contributed by atoms with van der Waals surface area (Å²) in [5, 5.41) is 19.7. The largest absolute Gasteiger partial charge is 0.503 e. The third-order valence-electron chi connectivity index (χ3n) is 3.72. The topological polar surface area (TPSA) is 62.5 Å². The molecule has 3 rings (SSSR count). The first kappa shape index (κ1) is 15.1. The fraction of sp³-hybridized carbons (Fsp3) is 0.105. The van der Waals surface area contributed by atoms with E-state index >= 15 is 0 Å². The van der Waals surface area contributed by atoms with Crippen molar-refractivity contribution in [1.82, 2.24) is 4.57 Å². The van der Waals surface area contributed by atoms with Gasteiger partial charge in [0.05, 0.1) is 18.0 Å². The molecule has 0 radical (unpaired) electrons. The van der Waals surface area contributed by atoms with E-state index in [1.54, 1.807) is 11.5 Å². The molecule has 0 bridgehead atoms. The van der Waals surface area contributed by atoms with Gasteiger partial charge in [-0.1, -0.05) is 42.5 Å². The van der Waals surface area contributed by atoms with Gasteiger partial charge in [-0.25, -0.2) is 0 Å². The Morgan fingerprint density at radius 3 is 2.35 bits per heavy atom. The van der Waals surface area contributed by atoms with Crippen molar-refractivity contribution in [1.29, 1.82) is 0 Å². The molecule has 0 unspecified atom stereocenters. The van der Waals surface area contributed by atoms with Crippen molar-refractivity contribution in [3.8, 4) is 22.6 Å². The van der Waals surface area contributed by atoms with Crippen LogP contribution in [0.5, 0.6) is 5.75 Å². The van der Waals surface area contributed by atoms with Gasteiger partial charge in [-0.05, 0) is 30.2 Å². The Labute approximate surface area is 133 Å². The lowest BCUT2D eigenvalue weighted by atomic mass is 10.0. The number of pyridine rings is 1. The summed E-state index contributed by atoms with van der Waals surface area (Å²) in [6, 6.07) is 18.9. The molecule has 23 heavy (non-hydrogen) atoms. The zero-order valence-electron chi connectivity index (χ0n) is 12.7. The first-order valence-corrected chi connectivity index (χ1v) is 7.36. The molecule has 0 saturated heterocycles. The fourth-order valence-corrected chi connectivity index (χ4v) is 2.55. The molecule has 0 fully saturated rings. The van der Waals surface area contributed by atoms with E-state index < -0.39 is 11.5 Å². The van der Waals surface area contributed by atoms with Gasteiger partial charge >= 0.3 is 0 Å². The lowest BCUT2D eigenvalue weighted by Crippen LogP contribution is -2.13. The number of aliphatic hydroxyl groups is 1. The van der Waals surface area contributed by atoms with E-state index in [0.29, 0.717) is 5.69 Å². The van der Waals surface area contributed by atoms with Crippen LogP contribution in [0.3, 0.4) is 0 Å². The molecule has 3 aromatic rings. The molecule has 4 nitrogen and oxygen atoms in total. The van der Waals surface area contributed by atoms with E-state index in [9.17, 15) is 15.0 Å². The van der Waals surface area contributed by atoms with Crippen LogP contribution in [-0.2, 0) is 0 Å². The van der Waals surface area contributed by atoms with Gasteiger partial charge in [-0.3, -0.25) is 4.79 Å². The van der Waals surface area contributed by atoms with Crippen LogP contribution in [0.4, 0.5) is 0 Å². The van der Waals surface area contributed by atoms with Gasteiger partial charge in [0.1, 0.15) is 0 Å². The molecule has 0 amide bonds. The normalized spacial score (nSPS) is 12.1. The van der Waals surface area contributed by atoms with Crippen LogP contribution >= 0.6 is 0 Å². The Balaban J connectivity index is 2.17. The maximum absolute atomic E-state index is 11.6. The third-order valence-corrected chi connectivity index (χ3v) is 3.72. The lowest BCUT2D eigenvalue weighted by Gasteiger charge is -2.16. The Bertz CT molecular complexity index is 883. The van der Waals surface area contributed by atoms with Crippen molar-refractivity contribution in [3.63, 3.8) is 0 Å². The smallest absolute Gasteiger partial charge is 0.223 e. The van der Waals surface area contributed by atoms with Gasteiger partial charge in [-0.15, -0.1) is 0 Å². The molecule has 0 spiro atoms. The third kappa shape index (κ3) is 3.03. The van der Waals surface area contributed by atoms with Crippen molar-refractivity contribution in [3.05, 3.63) is 82.8 Å². The molecular formula is C19H17NO3. The standard InChI is InChI=1S/C19H17NO3/c1-13(21)17-11-18(22)19(23)12-20(17)16-9-5-8-15(10-16)14-6-3-2-4-7-14/h2-13,21,23H,1H3/t13-/m0/s1. The van der Waals surface area contributed by atoms with Crippen molar-refractivity contribution < 1.29 is 10.2 Å². The number of hydrogen-bond donors (Lipinski definition) is 2. The highest BCUT2D eigenvalue weighted by Gasteiger charge is 2.12. The molecule has 1 heterocycles. The van der Waals surface area contributed by atoms with Crippen LogP contribution in [0, 0.1) is 0 Å². The fourth-order valence-electron chi connectivity index (χ4n) is 2.55. The summed E-state index contributed by atoms with van der Waals surface area (Å²) < 4.78 is 1.63. The summed E-state index contributed by atoms with van der Waals surface area (Å²) in [4.78, 5) is 11.6. The number of aromatic nitrogens is 1. The molecule has 0 aliphatic heterocycles. The Hall–Kier alpha value is -2.85. The van der Waals surface area contributed by atoms with Crippen molar-refractivity contribution in [2.45, 2.75) is 13.0 Å². The minimum absolute atomic E-state index is 0.348. The highest BCUT2D eigenvalue weighted by atomic mass is 16.3. The van der Waals surface area contributed by atoms with E-state index in [0.717, 1.165) is 16.8 Å². The summed E-state index contributed by atoms with van der Waals surface area (Å²) in [5.74, 6) is -0.348. The number of rotatable bonds is 3. The summed E-state index contributed by atoms with van der Waals surface area (Å²) in [6.45, 7) is 1.59. The van der Waals surface area contributed by atoms with Crippen LogP contribution < -0.4 is 5.43 Å². The van der Waals surface area contributed by atoms with Gasteiger partial charge in [0, 0.05) is 11.8 Å². The van der Waals surface area contributed by atoms with Crippen LogP contribution in [0.1, 0.15) is 18.7 Å². The van der Waals surface area contributed by atoms with Crippen LogP contribution in [0.25, 0.3) is 16.8 Å². The van der Waals surface area contributed by atoms with E-state index in [2.05, 4.69) is 0 Å². The summed E-state index contributed by atoms with van der Waals surface area (Å²) >= 11 is 0. The van der Waals surface area contributed by atoms with Gasteiger partial charge in [0.2, 0.25) is 5.43 Å². The zero-order chi connectivity index (χ0) is 16.4. The first-order valence-electron chi connectivity index (χ1n) is 7.36. The van der Waals surface area contributed by atoms with Crippen LogP contribution in [-0.4, -0.2) is 14.8 Å². The molecule has 116 valence electrons. The number of aliphatic hydroxyl groups excluding tert-OH is 1. The van der Waals surface area contributed by atoms with Crippen molar-refractivity contribution in [2.24, 2.45) is 0 Å². The second-order valence-electron chi connectivity index (χ2n) is 5.41. The minimum Gasteiger partial charge on any atom is -0.503 e. The molecule has 0 saturated carbocycles. The first-order chi connectivity index (χ1) is 11.1. The molecular weight excluding hydrogens is 290 g/mol. The minimum atomic E-state index is -0.830. The maximum Gasteiger partial charge on any atom is 0.223 e. The quantitative estimate of drug-likeness (QED) is 0.780. The summed E-state index contributed by atoms with van der Waals surface area (Å²) in [7, 11) is 0. The van der Waals surface area contributed by atoms with E-state index in [1.165, 1.54) is 12.3 Å². The average molecular weight is 307 g/mol. The molecule has 2 aromatic carbocycles. The lowest BCUT2D eigenvalue weighted by molar-refractivity contribution is 0.191. The monoisotopic (exact) mass is 307 g/mol. The van der Waals surface area contributed by atoms with Crippen molar-refractivity contribution >= 4 is 0 Å². The highest BCUT2D eigenvalue weighted by Crippen LogP contribution is 2.24. The van der Waals surface area contributed by atoms with Gasteiger partial charge in [-0.2, -0.15) is 0 Å².